The molecule has 6 aliphatic carbocycles. The van der Waals surface area contributed by atoms with Crippen LogP contribution in [0.1, 0.15) is 107 Å². The molecule has 3 heteroatoms. The van der Waals surface area contributed by atoms with Crippen molar-refractivity contribution < 1.29 is 4.74 Å². The van der Waals surface area contributed by atoms with Gasteiger partial charge in [-0.2, -0.15) is 5.26 Å². The van der Waals surface area contributed by atoms with Crippen molar-refractivity contribution in [2.75, 3.05) is 27.2 Å². The van der Waals surface area contributed by atoms with Crippen molar-refractivity contribution in [3.63, 3.8) is 0 Å². The van der Waals surface area contributed by atoms with E-state index in [2.05, 4.69) is 146 Å². The molecule has 6 aromatic rings. The molecule has 0 N–H and O–H groups in total. The molecule has 3 nitrogen and oxygen atoms in total. The standard InChI is InChI=1S/C47H36N2O/c1-49(2)25-26-50-47-45-41-34-15-7-3-11-30(34)39(31-12-4-8-16-35(31)41)43(45)38(24-23-28-19-21-29(27-48)22-20-28)44-40-32-13-5-9-17-36(32)42(46(44)47)37-18-10-6-14-33(37)40/h3-24,39-42H,25-26H2,1-2H3/b24-23+. The Kier molecular flexibility index (Phi) is 6.53. The molecule has 0 amide bonds. The second-order valence-corrected chi connectivity index (χ2v) is 14.4. The summed E-state index contributed by atoms with van der Waals surface area (Å²) in [6, 6.07) is 46.6. The van der Waals surface area contributed by atoms with Gasteiger partial charge in [-0.05, 0) is 93.0 Å². The van der Waals surface area contributed by atoms with Crippen molar-refractivity contribution in [1.82, 2.24) is 4.90 Å². The number of likely N-dealkylation sites (N-methyl/N-ethyl adjacent to an activating group) is 1. The Morgan fingerprint density at radius 2 is 0.920 bits per heavy atom. The monoisotopic (exact) mass is 644 g/mol. The van der Waals surface area contributed by atoms with Gasteiger partial charge in [0.2, 0.25) is 0 Å². The zero-order chi connectivity index (χ0) is 33.5. The molecule has 0 heterocycles. The van der Waals surface area contributed by atoms with Gasteiger partial charge in [-0.1, -0.05) is 121 Å². The molecule has 4 bridgehead atoms. The number of hydrogen-bond acceptors (Lipinski definition) is 3. The van der Waals surface area contributed by atoms with Crippen LogP contribution in [0.4, 0.5) is 0 Å². The van der Waals surface area contributed by atoms with Crippen LogP contribution in [0, 0.1) is 11.3 Å². The maximum atomic E-state index is 9.48. The molecule has 0 radical (unpaired) electrons. The SMILES string of the molecule is CN(C)CCOc1c2c(c(/C=C/c3ccc(C#N)cc3)c3c1C1c4ccccc4C3c3ccccc31)C1c3ccccc3C2c2ccccc21. The molecule has 6 aromatic carbocycles. The van der Waals surface area contributed by atoms with Gasteiger partial charge in [-0.3, -0.25) is 0 Å². The highest BCUT2D eigenvalue weighted by Crippen LogP contribution is 2.66. The number of ether oxygens (including phenoxy) is 1. The minimum atomic E-state index is 0.0788. The molecule has 12 rings (SSSR count). The van der Waals surface area contributed by atoms with Crippen LogP contribution in [0.25, 0.3) is 12.2 Å². The lowest BCUT2D eigenvalue weighted by atomic mass is 9.54. The second-order valence-electron chi connectivity index (χ2n) is 14.4. The minimum Gasteiger partial charge on any atom is -0.492 e. The summed E-state index contributed by atoms with van der Waals surface area (Å²) in [6.45, 7) is 1.46. The van der Waals surface area contributed by atoms with Crippen LogP contribution < -0.4 is 4.74 Å². The largest absolute Gasteiger partial charge is 0.492 e. The van der Waals surface area contributed by atoms with Gasteiger partial charge < -0.3 is 9.64 Å². The summed E-state index contributed by atoms with van der Waals surface area (Å²) in [7, 11) is 4.24. The Hall–Kier alpha value is -5.69. The molecule has 0 atom stereocenters. The molecule has 0 saturated heterocycles. The number of nitrogens with zero attached hydrogens (tertiary/aromatic N) is 2. The third-order valence-corrected chi connectivity index (χ3v) is 11.5. The van der Waals surface area contributed by atoms with E-state index in [1.54, 1.807) is 0 Å². The fraction of sp³-hybridized carbons (Fsp3) is 0.170. The van der Waals surface area contributed by atoms with E-state index in [0.717, 1.165) is 17.9 Å². The molecular weight excluding hydrogens is 609 g/mol. The molecule has 6 aliphatic rings. The van der Waals surface area contributed by atoms with Crippen LogP contribution in [0.2, 0.25) is 0 Å². The van der Waals surface area contributed by atoms with Gasteiger partial charge in [-0.25, -0.2) is 0 Å². The topological polar surface area (TPSA) is 36.3 Å². The Morgan fingerprint density at radius 3 is 1.28 bits per heavy atom. The number of benzene rings is 6. The first-order valence-corrected chi connectivity index (χ1v) is 17.7. The normalized spacial score (nSPS) is 19.6. The fourth-order valence-electron chi connectivity index (χ4n) is 9.59. The highest BCUT2D eigenvalue weighted by atomic mass is 16.5. The summed E-state index contributed by atoms with van der Waals surface area (Å²) in [5.41, 5.74) is 19.7. The van der Waals surface area contributed by atoms with Crippen LogP contribution >= 0.6 is 0 Å². The quantitative estimate of drug-likeness (QED) is 0.169. The zero-order valence-electron chi connectivity index (χ0n) is 28.2. The molecular formula is C47H36N2O. The predicted octanol–water partition coefficient (Wildman–Crippen LogP) is 9.64. The van der Waals surface area contributed by atoms with E-state index in [1.165, 1.54) is 72.3 Å². The summed E-state index contributed by atoms with van der Waals surface area (Å²) in [4.78, 5) is 2.21. The Balaban J connectivity index is 1.33. The van der Waals surface area contributed by atoms with Crippen LogP contribution in [-0.2, 0) is 0 Å². The van der Waals surface area contributed by atoms with Crippen LogP contribution in [0.5, 0.6) is 5.75 Å². The third kappa shape index (κ3) is 4.06. The maximum absolute atomic E-state index is 9.48. The van der Waals surface area contributed by atoms with Crippen molar-refractivity contribution in [3.8, 4) is 11.8 Å². The summed E-state index contributed by atoms with van der Waals surface area (Å²) >= 11 is 0. The highest BCUT2D eigenvalue weighted by Gasteiger charge is 2.50. The van der Waals surface area contributed by atoms with E-state index in [1.807, 2.05) is 12.1 Å². The van der Waals surface area contributed by atoms with Crippen LogP contribution in [-0.4, -0.2) is 32.1 Å². The average Bonchev–Trinajstić information content (AvgIpc) is 3.17. The van der Waals surface area contributed by atoms with E-state index in [-0.39, 0.29) is 23.7 Å². The Morgan fingerprint density at radius 1 is 0.540 bits per heavy atom. The Labute approximate surface area is 293 Å². The first-order valence-electron chi connectivity index (χ1n) is 17.7. The van der Waals surface area contributed by atoms with Crippen molar-refractivity contribution in [1.29, 1.82) is 5.26 Å². The average molecular weight is 645 g/mol. The Bertz CT molecular complexity index is 2210. The van der Waals surface area contributed by atoms with Gasteiger partial charge in [0.1, 0.15) is 12.4 Å². The first-order chi connectivity index (χ1) is 24.6. The first kappa shape index (κ1) is 29.2. The van der Waals surface area contributed by atoms with Crippen LogP contribution in [0.15, 0.2) is 121 Å². The molecule has 0 aliphatic heterocycles. The lowest BCUT2D eigenvalue weighted by Gasteiger charge is -2.49. The predicted molar refractivity (Wildman–Crippen MR) is 200 cm³/mol. The second kappa shape index (κ2) is 11.2. The summed E-state index contributed by atoms with van der Waals surface area (Å²) in [6.07, 6.45) is 4.64. The van der Waals surface area contributed by atoms with Gasteiger partial charge in [0.25, 0.3) is 0 Å². The van der Waals surface area contributed by atoms with Crippen molar-refractivity contribution in [2.45, 2.75) is 23.7 Å². The lowest BCUT2D eigenvalue weighted by Crippen LogP contribution is -2.34. The van der Waals surface area contributed by atoms with Gasteiger partial charge in [0, 0.05) is 41.3 Å². The highest BCUT2D eigenvalue weighted by molar-refractivity contribution is 5.86. The van der Waals surface area contributed by atoms with E-state index in [4.69, 9.17) is 4.74 Å². The summed E-state index contributed by atoms with van der Waals surface area (Å²) < 4.78 is 7.23. The van der Waals surface area contributed by atoms with Crippen LogP contribution in [0.3, 0.4) is 0 Å². The third-order valence-electron chi connectivity index (χ3n) is 11.5. The number of rotatable bonds is 6. The minimum absolute atomic E-state index is 0.0788. The van der Waals surface area contributed by atoms with E-state index < -0.39 is 0 Å². The summed E-state index contributed by atoms with van der Waals surface area (Å²) in [5, 5.41) is 9.48. The molecule has 0 fully saturated rings. The van der Waals surface area contributed by atoms with E-state index >= 15 is 0 Å². The van der Waals surface area contributed by atoms with Gasteiger partial charge >= 0.3 is 0 Å². The molecule has 0 unspecified atom stereocenters. The van der Waals surface area contributed by atoms with Crippen molar-refractivity contribution in [3.05, 3.63) is 205 Å². The van der Waals surface area contributed by atoms with E-state index in [9.17, 15) is 5.26 Å². The molecule has 240 valence electrons. The van der Waals surface area contributed by atoms with E-state index in [0.29, 0.717) is 12.2 Å². The van der Waals surface area contributed by atoms with Gasteiger partial charge in [0.05, 0.1) is 11.6 Å². The van der Waals surface area contributed by atoms with Crippen molar-refractivity contribution >= 4 is 12.2 Å². The number of nitriles is 1. The summed E-state index contributed by atoms with van der Waals surface area (Å²) in [5.74, 6) is 1.43. The maximum Gasteiger partial charge on any atom is 0.128 e. The van der Waals surface area contributed by atoms with Gasteiger partial charge in [0.15, 0.2) is 0 Å². The molecule has 0 saturated carbocycles. The number of hydrogen-bond donors (Lipinski definition) is 0. The molecule has 0 spiro atoms. The fourth-order valence-corrected chi connectivity index (χ4v) is 9.59. The molecule has 0 aromatic heterocycles. The van der Waals surface area contributed by atoms with Gasteiger partial charge in [-0.15, -0.1) is 0 Å². The molecule has 50 heavy (non-hydrogen) atoms. The smallest absolute Gasteiger partial charge is 0.128 e. The van der Waals surface area contributed by atoms with Crippen molar-refractivity contribution in [2.24, 2.45) is 0 Å². The lowest BCUT2D eigenvalue weighted by molar-refractivity contribution is 0.255. The zero-order valence-corrected chi connectivity index (χ0v) is 28.2.